The Hall–Kier alpha value is -0.770. The van der Waals surface area contributed by atoms with Gasteiger partial charge in [0.25, 0.3) is 0 Å². The van der Waals surface area contributed by atoms with E-state index in [1.165, 1.54) is 6.42 Å². The van der Waals surface area contributed by atoms with Gasteiger partial charge in [0.05, 0.1) is 0 Å². The molecule has 82 valence electrons. The van der Waals surface area contributed by atoms with Gasteiger partial charge < -0.3 is 4.90 Å². The maximum absolute atomic E-state index is 5.46. The van der Waals surface area contributed by atoms with Gasteiger partial charge in [0.1, 0.15) is 0 Å². The summed E-state index contributed by atoms with van der Waals surface area (Å²) in [6, 6.07) is 0. The summed E-state index contributed by atoms with van der Waals surface area (Å²) >= 11 is 0. The molecular weight excluding hydrogens is 176 g/mol. The Morgan fingerprint density at radius 1 is 1.43 bits per heavy atom. The molecule has 1 rings (SSSR count). The van der Waals surface area contributed by atoms with Gasteiger partial charge >= 0.3 is 0 Å². The molecule has 0 aromatic rings. The number of nitrogens with two attached hydrogens (primary N) is 1. The van der Waals surface area contributed by atoms with Gasteiger partial charge in [-0.2, -0.15) is 0 Å². The standard InChI is InChI=1S/C10H22N4/c1-4-12-10(13-11)14-6-8(2)5-9(3)7-14/h8-9H,4-7,11H2,1-3H3,(H,12,13). The normalized spacial score (nSPS) is 29.1. The van der Waals surface area contributed by atoms with Crippen LogP contribution in [0.3, 0.4) is 0 Å². The van der Waals surface area contributed by atoms with Crippen LogP contribution in [0.25, 0.3) is 0 Å². The van der Waals surface area contributed by atoms with Gasteiger partial charge in [-0.25, -0.2) is 5.84 Å². The summed E-state index contributed by atoms with van der Waals surface area (Å²) in [5, 5.41) is 0. The molecule has 0 aliphatic carbocycles. The third kappa shape index (κ3) is 2.87. The van der Waals surface area contributed by atoms with Crippen molar-refractivity contribution in [3.63, 3.8) is 0 Å². The molecule has 0 aromatic carbocycles. The second kappa shape index (κ2) is 5.20. The highest BCUT2D eigenvalue weighted by Crippen LogP contribution is 2.20. The molecular formula is C10H22N4. The number of nitrogens with one attached hydrogen (secondary N) is 1. The highest BCUT2D eigenvalue weighted by Gasteiger charge is 2.23. The molecule has 0 radical (unpaired) electrons. The van der Waals surface area contributed by atoms with Crippen LogP contribution >= 0.6 is 0 Å². The lowest BCUT2D eigenvalue weighted by atomic mass is 9.92. The molecule has 4 heteroatoms. The van der Waals surface area contributed by atoms with Crippen LogP contribution in [0, 0.1) is 11.8 Å². The van der Waals surface area contributed by atoms with Gasteiger partial charge in [0.15, 0.2) is 0 Å². The average Bonchev–Trinajstić information content (AvgIpc) is 2.12. The first kappa shape index (κ1) is 11.3. The molecule has 3 N–H and O–H groups in total. The van der Waals surface area contributed by atoms with Gasteiger partial charge in [-0.15, -0.1) is 0 Å². The number of piperidine rings is 1. The minimum atomic E-state index is 0.731. The number of guanidine groups is 1. The van der Waals surface area contributed by atoms with E-state index >= 15 is 0 Å². The molecule has 4 nitrogen and oxygen atoms in total. The third-order valence-electron chi connectivity index (χ3n) is 2.61. The van der Waals surface area contributed by atoms with Gasteiger partial charge in [-0.05, 0) is 25.2 Å². The lowest BCUT2D eigenvalue weighted by Gasteiger charge is -2.36. The highest BCUT2D eigenvalue weighted by atomic mass is 15.4. The molecule has 1 saturated heterocycles. The van der Waals surface area contributed by atoms with Gasteiger partial charge in [-0.3, -0.25) is 10.4 Å². The van der Waals surface area contributed by atoms with Gasteiger partial charge in [-0.1, -0.05) is 13.8 Å². The van der Waals surface area contributed by atoms with Crippen molar-refractivity contribution >= 4 is 5.96 Å². The first-order valence-electron chi connectivity index (χ1n) is 5.43. The van der Waals surface area contributed by atoms with Crippen molar-refractivity contribution in [2.45, 2.75) is 27.2 Å². The maximum atomic E-state index is 5.46. The summed E-state index contributed by atoms with van der Waals surface area (Å²) in [4.78, 5) is 6.59. The minimum Gasteiger partial charge on any atom is -0.341 e. The number of hydrogen-bond acceptors (Lipinski definition) is 2. The summed E-state index contributed by atoms with van der Waals surface area (Å²) in [5.74, 6) is 7.76. The molecule has 2 unspecified atom stereocenters. The fraction of sp³-hybridized carbons (Fsp3) is 0.900. The fourth-order valence-corrected chi connectivity index (χ4v) is 2.22. The smallest absolute Gasteiger partial charge is 0.208 e. The van der Waals surface area contributed by atoms with Crippen molar-refractivity contribution in [1.82, 2.24) is 10.3 Å². The van der Waals surface area contributed by atoms with Crippen LogP contribution in [0.4, 0.5) is 0 Å². The van der Waals surface area contributed by atoms with E-state index in [-0.39, 0.29) is 0 Å². The van der Waals surface area contributed by atoms with E-state index in [4.69, 9.17) is 5.84 Å². The Morgan fingerprint density at radius 3 is 2.43 bits per heavy atom. The number of rotatable bonds is 1. The summed E-state index contributed by atoms with van der Waals surface area (Å²) in [7, 11) is 0. The van der Waals surface area contributed by atoms with Crippen LogP contribution < -0.4 is 11.3 Å². The summed E-state index contributed by atoms with van der Waals surface area (Å²) in [6.45, 7) is 9.49. The summed E-state index contributed by atoms with van der Waals surface area (Å²) < 4.78 is 0. The SMILES string of the molecule is CCN=C(NN)N1CC(C)CC(C)C1. The Morgan fingerprint density at radius 2 is 2.00 bits per heavy atom. The monoisotopic (exact) mass is 198 g/mol. The summed E-state index contributed by atoms with van der Waals surface area (Å²) in [6.07, 6.45) is 1.31. The summed E-state index contributed by atoms with van der Waals surface area (Å²) in [5.41, 5.74) is 2.69. The molecule has 2 atom stereocenters. The Balaban J connectivity index is 2.61. The topological polar surface area (TPSA) is 53.6 Å². The van der Waals surface area contributed by atoms with Crippen molar-refractivity contribution in [2.24, 2.45) is 22.7 Å². The molecule has 0 aromatic heterocycles. The zero-order chi connectivity index (χ0) is 10.6. The predicted molar refractivity (Wildman–Crippen MR) is 59.8 cm³/mol. The van der Waals surface area contributed by atoms with Crippen molar-refractivity contribution < 1.29 is 0 Å². The number of hydrogen-bond donors (Lipinski definition) is 2. The number of hydrazine groups is 1. The van der Waals surface area contributed by atoms with E-state index in [1.807, 2.05) is 6.92 Å². The second-order valence-electron chi connectivity index (χ2n) is 4.29. The first-order chi connectivity index (χ1) is 6.67. The van der Waals surface area contributed by atoms with E-state index in [2.05, 4.69) is 29.2 Å². The number of likely N-dealkylation sites (tertiary alicyclic amines) is 1. The van der Waals surface area contributed by atoms with E-state index in [1.54, 1.807) is 0 Å². The van der Waals surface area contributed by atoms with Crippen LogP contribution in [-0.4, -0.2) is 30.5 Å². The van der Waals surface area contributed by atoms with Crippen LogP contribution in [0.5, 0.6) is 0 Å². The second-order valence-corrected chi connectivity index (χ2v) is 4.29. The maximum Gasteiger partial charge on any atom is 0.208 e. The van der Waals surface area contributed by atoms with E-state index in [0.29, 0.717) is 0 Å². The molecule has 14 heavy (non-hydrogen) atoms. The van der Waals surface area contributed by atoms with Crippen molar-refractivity contribution in [3.05, 3.63) is 0 Å². The Labute approximate surface area is 86.5 Å². The zero-order valence-corrected chi connectivity index (χ0v) is 9.45. The quantitative estimate of drug-likeness (QED) is 0.284. The largest absolute Gasteiger partial charge is 0.341 e. The zero-order valence-electron chi connectivity index (χ0n) is 9.45. The van der Waals surface area contributed by atoms with Crippen LogP contribution in [0.15, 0.2) is 4.99 Å². The van der Waals surface area contributed by atoms with Crippen molar-refractivity contribution in [2.75, 3.05) is 19.6 Å². The van der Waals surface area contributed by atoms with Crippen LogP contribution in [-0.2, 0) is 0 Å². The Kier molecular flexibility index (Phi) is 4.20. The predicted octanol–water partition coefficient (Wildman–Crippen LogP) is 0.804. The highest BCUT2D eigenvalue weighted by molar-refractivity contribution is 5.79. The van der Waals surface area contributed by atoms with E-state index in [0.717, 1.165) is 37.4 Å². The van der Waals surface area contributed by atoms with E-state index < -0.39 is 0 Å². The number of nitrogens with zero attached hydrogens (tertiary/aromatic N) is 2. The molecule has 1 aliphatic heterocycles. The molecule has 0 saturated carbocycles. The molecule has 1 aliphatic rings. The Bertz CT molecular complexity index is 192. The van der Waals surface area contributed by atoms with E-state index in [9.17, 15) is 0 Å². The van der Waals surface area contributed by atoms with Crippen molar-refractivity contribution in [1.29, 1.82) is 0 Å². The molecule has 0 spiro atoms. The van der Waals surface area contributed by atoms with Gasteiger partial charge in [0, 0.05) is 19.6 Å². The third-order valence-corrected chi connectivity index (χ3v) is 2.61. The molecule has 0 amide bonds. The average molecular weight is 198 g/mol. The number of aliphatic imine (C=N–C) groups is 1. The minimum absolute atomic E-state index is 0.731. The van der Waals surface area contributed by atoms with Crippen LogP contribution in [0.2, 0.25) is 0 Å². The fourth-order valence-electron chi connectivity index (χ4n) is 2.22. The van der Waals surface area contributed by atoms with Gasteiger partial charge in [0.2, 0.25) is 5.96 Å². The first-order valence-corrected chi connectivity index (χ1v) is 5.43. The van der Waals surface area contributed by atoms with Crippen molar-refractivity contribution in [3.8, 4) is 0 Å². The molecule has 1 heterocycles. The van der Waals surface area contributed by atoms with Crippen LogP contribution in [0.1, 0.15) is 27.2 Å². The lowest BCUT2D eigenvalue weighted by molar-refractivity contribution is 0.208. The molecule has 0 bridgehead atoms. The lowest BCUT2D eigenvalue weighted by Crippen LogP contribution is -2.50. The molecule has 1 fully saturated rings.